The van der Waals surface area contributed by atoms with Gasteiger partial charge in [0.1, 0.15) is 11.9 Å². The SMILES string of the molecule is CCCCCCCCCC(=O)N[C@@H](Cc1c[nH]c2cc(F)ccc12)C(=O)Oc1c(F)c(F)c(F)c(F)c1F. The second-order valence-corrected chi connectivity index (χ2v) is 9.02. The molecule has 0 aliphatic heterocycles. The van der Waals surface area contributed by atoms with Gasteiger partial charge in [-0.25, -0.2) is 22.4 Å². The first-order valence-corrected chi connectivity index (χ1v) is 12.4. The van der Waals surface area contributed by atoms with Crippen molar-refractivity contribution >= 4 is 22.8 Å². The molecule has 5 nitrogen and oxygen atoms in total. The number of carbonyl (C=O) groups is 2. The molecule has 0 fully saturated rings. The van der Waals surface area contributed by atoms with Gasteiger partial charge in [0.2, 0.25) is 40.7 Å². The predicted octanol–water partition coefficient (Wildman–Crippen LogP) is 6.78. The molecule has 2 N–H and O–H groups in total. The van der Waals surface area contributed by atoms with E-state index in [2.05, 4.69) is 22.0 Å². The lowest BCUT2D eigenvalue weighted by Crippen LogP contribution is -2.44. The highest BCUT2D eigenvalue weighted by Crippen LogP contribution is 2.30. The quantitative estimate of drug-likeness (QED) is 0.0625. The Morgan fingerprint density at radius 2 is 1.47 bits per heavy atom. The highest BCUT2D eigenvalue weighted by atomic mass is 19.2. The predicted molar refractivity (Wildman–Crippen MR) is 128 cm³/mol. The molecule has 0 bridgehead atoms. The molecule has 0 spiro atoms. The molecule has 0 saturated heterocycles. The number of aromatic amines is 1. The molecule has 206 valence electrons. The van der Waals surface area contributed by atoms with Crippen LogP contribution < -0.4 is 10.1 Å². The number of unbranched alkanes of at least 4 members (excludes halogenated alkanes) is 6. The first-order valence-electron chi connectivity index (χ1n) is 12.4. The van der Waals surface area contributed by atoms with E-state index in [1.165, 1.54) is 24.4 Å². The molecular weight excluding hydrogens is 514 g/mol. The van der Waals surface area contributed by atoms with Gasteiger partial charge in [0, 0.05) is 29.9 Å². The Labute approximate surface area is 215 Å². The molecule has 0 saturated carbocycles. The number of carbonyl (C=O) groups excluding carboxylic acids is 2. The van der Waals surface area contributed by atoms with E-state index in [0.29, 0.717) is 22.9 Å². The van der Waals surface area contributed by atoms with Crippen molar-refractivity contribution in [3.8, 4) is 5.75 Å². The molecule has 1 atom stereocenters. The van der Waals surface area contributed by atoms with Gasteiger partial charge in [-0.2, -0.15) is 8.78 Å². The maximum atomic E-state index is 14.1. The van der Waals surface area contributed by atoms with Crippen LogP contribution in [0.4, 0.5) is 26.3 Å². The van der Waals surface area contributed by atoms with E-state index in [4.69, 9.17) is 0 Å². The summed E-state index contributed by atoms with van der Waals surface area (Å²) in [7, 11) is 0. The third kappa shape index (κ3) is 7.08. The van der Waals surface area contributed by atoms with Crippen molar-refractivity contribution in [3.05, 3.63) is 64.9 Å². The van der Waals surface area contributed by atoms with Crippen molar-refractivity contribution in [1.29, 1.82) is 0 Å². The first-order chi connectivity index (χ1) is 18.1. The lowest BCUT2D eigenvalue weighted by atomic mass is 10.0. The number of esters is 1. The average Bonchev–Trinajstić information content (AvgIpc) is 3.29. The van der Waals surface area contributed by atoms with Crippen LogP contribution in [0.1, 0.15) is 63.9 Å². The number of halogens is 6. The second kappa shape index (κ2) is 13.3. The average molecular weight is 543 g/mol. The number of aromatic nitrogens is 1. The number of H-pyrrole nitrogens is 1. The Hall–Kier alpha value is -3.50. The molecule has 3 aromatic rings. The summed E-state index contributed by atoms with van der Waals surface area (Å²) in [5.74, 6) is -15.8. The van der Waals surface area contributed by atoms with E-state index >= 15 is 0 Å². The fourth-order valence-electron chi connectivity index (χ4n) is 4.10. The van der Waals surface area contributed by atoms with Gasteiger partial charge in [0.15, 0.2) is 0 Å². The van der Waals surface area contributed by atoms with E-state index in [0.717, 1.165) is 38.5 Å². The van der Waals surface area contributed by atoms with E-state index in [-0.39, 0.29) is 12.8 Å². The summed E-state index contributed by atoms with van der Waals surface area (Å²) in [6.45, 7) is 2.10. The molecule has 0 aliphatic rings. The Kier molecular flexibility index (Phi) is 10.2. The van der Waals surface area contributed by atoms with E-state index in [1.54, 1.807) is 0 Å². The summed E-state index contributed by atoms with van der Waals surface area (Å²) in [5, 5.41) is 2.94. The van der Waals surface area contributed by atoms with Crippen LogP contribution in [0, 0.1) is 34.9 Å². The zero-order valence-electron chi connectivity index (χ0n) is 20.7. The number of hydrogen-bond donors (Lipinski definition) is 2. The van der Waals surface area contributed by atoms with Crippen LogP contribution in [0.2, 0.25) is 0 Å². The summed E-state index contributed by atoms with van der Waals surface area (Å²) in [4.78, 5) is 28.3. The molecule has 0 aliphatic carbocycles. The van der Waals surface area contributed by atoms with Crippen molar-refractivity contribution < 1.29 is 40.7 Å². The smallest absolute Gasteiger partial charge is 0.334 e. The summed E-state index contributed by atoms with van der Waals surface area (Å²) >= 11 is 0. The number of fused-ring (bicyclic) bond motifs is 1. The fourth-order valence-corrected chi connectivity index (χ4v) is 4.10. The highest BCUT2D eigenvalue weighted by Gasteiger charge is 2.32. The maximum absolute atomic E-state index is 14.1. The van der Waals surface area contributed by atoms with Gasteiger partial charge in [-0.1, -0.05) is 45.4 Å². The molecule has 38 heavy (non-hydrogen) atoms. The van der Waals surface area contributed by atoms with Crippen molar-refractivity contribution in [1.82, 2.24) is 10.3 Å². The second-order valence-electron chi connectivity index (χ2n) is 9.02. The Balaban J connectivity index is 1.77. The number of ether oxygens (including phenoxy) is 1. The molecule has 1 aromatic heterocycles. The monoisotopic (exact) mass is 542 g/mol. The van der Waals surface area contributed by atoms with Crippen LogP contribution in [0.25, 0.3) is 10.9 Å². The van der Waals surface area contributed by atoms with Crippen molar-refractivity contribution in [2.75, 3.05) is 0 Å². The lowest BCUT2D eigenvalue weighted by molar-refractivity contribution is -0.139. The summed E-state index contributed by atoms with van der Waals surface area (Å²) < 4.78 is 86.9. The zero-order chi connectivity index (χ0) is 27.8. The molecule has 2 aromatic carbocycles. The van der Waals surface area contributed by atoms with Gasteiger partial charge >= 0.3 is 5.97 Å². The molecule has 0 unspecified atom stereocenters. The lowest BCUT2D eigenvalue weighted by Gasteiger charge is -2.18. The highest BCUT2D eigenvalue weighted by molar-refractivity contribution is 5.88. The topological polar surface area (TPSA) is 71.2 Å². The fraction of sp³-hybridized carbons (Fsp3) is 0.407. The Morgan fingerprint density at radius 3 is 2.13 bits per heavy atom. The van der Waals surface area contributed by atoms with Gasteiger partial charge in [-0.3, -0.25) is 4.79 Å². The van der Waals surface area contributed by atoms with Crippen molar-refractivity contribution in [3.63, 3.8) is 0 Å². The third-order valence-electron chi connectivity index (χ3n) is 6.15. The van der Waals surface area contributed by atoms with E-state index < -0.39 is 58.6 Å². The van der Waals surface area contributed by atoms with Gasteiger partial charge in [0.25, 0.3) is 0 Å². The molecule has 0 radical (unpaired) electrons. The van der Waals surface area contributed by atoms with E-state index in [1.807, 2.05) is 0 Å². The minimum Gasteiger partial charge on any atom is -0.418 e. The molecule has 11 heteroatoms. The van der Waals surface area contributed by atoms with Crippen LogP contribution >= 0.6 is 0 Å². The standard InChI is InChI=1S/C27H28F6N2O3/c1-2-3-4-5-6-7-8-9-20(36)35-19(12-15-14-34-18-13-16(28)10-11-17(15)18)27(37)38-26-24(32)22(30)21(29)23(31)25(26)33/h10-11,13-14,19,34H,2-9,12H2,1H3,(H,35,36)/t19-/m0/s1. The van der Waals surface area contributed by atoms with Crippen molar-refractivity contribution in [2.45, 2.75) is 70.8 Å². The number of benzene rings is 2. The van der Waals surface area contributed by atoms with Crippen LogP contribution in [0.5, 0.6) is 5.75 Å². The van der Waals surface area contributed by atoms with Crippen LogP contribution in [0.3, 0.4) is 0 Å². The number of nitrogens with one attached hydrogen (secondary N) is 2. The molecule has 1 amide bonds. The zero-order valence-corrected chi connectivity index (χ0v) is 20.7. The normalized spacial score (nSPS) is 12.1. The first kappa shape index (κ1) is 29.1. The molecule has 3 rings (SSSR count). The van der Waals surface area contributed by atoms with Crippen LogP contribution in [0.15, 0.2) is 24.4 Å². The summed E-state index contributed by atoms with van der Waals surface area (Å²) in [6.07, 6.45) is 7.87. The van der Waals surface area contributed by atoms with Crippen LogP contribution in [-0.4, -0.2) is 22.9 Å². The number of rotatable bonds is 13. The van der Waals surface area contributed by atoms with Gasteiger partial charge < -0.3 is 15.0 Å². The van der Waals surface area contributed by atoms with Gasteiger partial charge in [-0.15, -0.1) is 0 Å². The van der Waals surface area contributed by atoms with Gasteiger partial charge in [-0.05, 0) is 30.2 Å². The van der Waals surface area contributed by atoms with E-state index in [9.17, 15) is 35.9 Å². The largest absolute Gasteiger partial charge is 0.418 e. The Bertz CT molecular complexity index is 1260. The maximum Gasteiger partial charge on any atom is 0.334 e. The van der Waals surface area contributed by atoms with Crippen molar-refractivity contribution in [2.24, 2.45) is 0 Å². The van der Waals surface area contributed by atoms with Gasteiger partial charge in [0.05, 0.1) is 0 Å². The number of hydrogen-bond acceptors (Lipinski definition) is 3. The summed E-state index contributed by atoms with van der Waals surface area (Å²) in [5.41, 5.74) is 0.817. The van der Waals surface area contributed by atoms with Crippen LogP contribution in [-0.2, 0) is 16.0 Å². The Morgan fingerprint density at radius 1 is 0.868 bits per heavy atom. The third-order valence-corrected chi connectivity index (χ3v) is 6.15. The molecule has 1 heterocycles. The summed E-state index contributed by atoms with van der Waals surface area (Å²) in [6, 6.07) is 2.29. The minimum absolute atomic E-state index is 0.0547. The minimum atomic E-state index is -2.40. The number of amides is 1. The molecular formula is C27H28F6N2O3.